The minimum Gasteiger partial charge on any atom is -0.463 e. The molecule has 0 aromatic rings. The molecule has 0 unspecified atom stereocenters. The monoisotopic (exact) mass is 147 g/mol. The van der Waals surface area contributed by atoms with Crippen LogP contribution in [0, 0.1) is 0 Å². The van der Waals surface area contributed by atoms with Crippen LogP contribution >= 0.6 is 0 Å². The minimum absolute atomic E-state index is 0.276. The van der Waals surface area contributed by atoms with Crippen LogP contribution in [-0.2, 0) is 14.4 Å². The molecule has 4 heteroatoms. The van der Waals surface area contributed by atoms with Gasteiger partial charge in [-0.1, -0.05) is 0 Å². The molecule has 10 heavy (non-hydrogen) atoms. The molecule has 0 fully saturated rings. The van der Waals surface area contributed by atoms with Crippen molar-refractivity contribution in [2.45, 2.75) is 6.92 Å². The van der Waals surface area contributed by atoms with Crippen molar-refractivity contribution in [3.63, 3.8) is 0 Å². The van der Waals surface area contributed by atoms with Crippen LogP contribution in [0.1, 0.15) is 6.92 Å². The fourth-order valence-corrected chi connectivity index (χ4v) is 0.405. The first-order valence-electron chi connectivity index (χ1n) is 3.06. The lowest BCUT2D eigenvalue weighted by Gasteiger charge is -2.09. The zero-order valence-corrected chi connectivity index (χ0v) is 6.59. The fourth-order valence-electron chi connectivity index (χ4n) is 0.405. The van der Waals surface area contributed by atoms with E-state index < -0.39 is 0 Å². The van der Waals surface area contributed by atoms with Gasteiger partial charge in [0.15, 0.2) is 0 Å². The second-order valence-corrected chi connectivity index (χ2v) is 1.99. The Morgan fingerprint density at radius 2 is 2.00 bits per heavy atom. The van der Waals surface area contributed by atoms with E-state index in [1.165, 1.54) is 6.92 Å². The predicted molar refractivity (Wildman–Crippen MR) is 36.3 cm³/mol. The van der Waals surface area contributed by atoms with Crippen LogP contribution < -0.4 is 0 Å². The summed E-state index contributed by atoms with van der Waals surface area (Å²) in [4.78, 5) is 15.1. The van der Waals surface area contributed by atoms with E-state index in [9.17, 15) is 4.79 Å². The number of carbonyl (C=O) groups excluding carboxylic acids is 1. The molecule has 60 valence electrons. The average molecular weight is 147 g/mol. The topological polar surface area (TPSA) is 38.8 Å². The smallest absolute Gasteiger partial charge is 0.302 e. The molecule has 0 rings (SSSR count). The van der Waals surface area contributed by atoms with E-state index in [0.29, 0.717) is 13.2 Å². The molecule has 0 bridgehead atoms. The Balaban J connectivity index is 2.98. The number of hydrogen-bond donors (Lipinski definition) is 0. The normalized spacial score (nSPS) is 10.0. The quantitative estimate of drug-likeness (QED) is 0.320. The molecule has 0 saturated carbocycles. The van der Waals surface area contributed by atoms with Gasteiger partial charge in [-0.3, -0.25) is 9.63 Å². The molecule has 0 aliphatic heterocycles. The second kappa shape index (κ2) is 5.20. The number of nitrogens with zero attached hydrogens (tertiary/aromatic N) is 1. The summed E-state index contributed by atoms with van der Waals surface area (Å²) in [6, 6.07) is 0. The van der Waals surface area contributed by atoms with Gasteiger partial charge in [-0.2, -0.15) is 5.06 Å². The van der Waals surface area contributed by atoms with E-state index >= 15 is 0 Å². The maximum Gasteiger partial charge on any atom is 0.302 e. The van der Waals surface area contributed by atoms with Crippen molar-refractivity contribution >= 4 is 5.97 Å². The molecule has 0 aliphatic rings. The van der Waals surface area contributed by atoms with Gasteiger partial charge in [-0.15, -0.1) is 0 Å². The molecule has 0 radical (unpaired) electrons. The first-order valence-corrected chi connectivity index (χ1v) is 3.06. The zero-order chi connectivity index (χ0) is 7.98. The molecule has 0 spiro atoms. The van der Waals surface area contributed by atoms with Gasteiger partial charge in [0.25, 0.3) is 0 Å². The molecule has 0 aromatic carbocycles. The van der Waals surface area contributed by atoms with Gasteiger partial charge >= 0.3 is 5.97 Å². The van der Waals surface area contributed by atoms with Crippen LogP contribution in [0.25, 0.3) is 0 Å². The molecular formula is C6H13NO3. The Bertz CT molecular complexity index is 103. The summed E-state index contributed by atoms with van der Waals surface area (Å²) < 4.78 is 4.60. The zero-order valence-electron chi connectivity index (χ0n) is 6.59. The first-order chi connectivity index (χ1) is 4.63. The summed E-state index contributed by atoms with van der Waals surface area (Å²) in [5.41, 5.74) is 0. The number of esters is 1. The highest BCUT2D eigenvalue weighted by atomic mass is 16.7. The number of ether oxygens (including phenoxy) is 1. The Hall–Kier alpha value is -0.610. The average Bonchev–Trinajstić information content (AvgIpc) is 1.79. The van der Waals surface area contributed by atoms with Crippen molar-refractivity contribution in [3.05, 3.63) is 0 Å². The van der Waals surface area contributed by atoms with E-state index in [2.05, 4.69) is 4.74 Å². The summed E-state index contributed by atoms with van der Waals surface area (Å²) in [5, 5.41) is 1.56. The molecule has 0 saturated heterocycles. The van der Waals surface area contributed by atoms with Crippen LogP contribution in [0.3, 0.4) is 0 Å². The fraction of sp³-hybridized carbons (Fsp3) is 0.833. The Morgan fingerprint density at radius 3 is 2.40 bits per heavy atom. The number of carbonyl (C=O) groups is 1. The van der Waals surface area contributed by atoms with Crippen molar-refractivity contribution in [2.75, 3.05) is 27.3 Å². The minimum atomic E-state index is -0.276. The highest BCUT2D eigenvalue weighted by molar-refractivity contribution is 5.65. The number of rotatable bonds is 4. The van der Waals surface area contributed by atoms with Crippen LogP contribution in [0.2, 0.25) is 0 Å². The third kappa shape index (κ3) is 7.39. The van der Waals surface area contributed by atoms with Gasteiger partial charge in [-0.25, -0.2) is 0 Å². The Morgan fingerprint density at radius 1 is 1.40 bits per heavy atom. The van der Waals surface area contributed by atoms with Crippen molar-refractivity contribution in [2.24, 2.45) is 0 Å². The SMILES string of the molecule is CC(=O)OCCON(C)C. The lowest BCUT2D eigenvalue weighted by molar-refractivity contribution is -0.155. The molecule has 0 amide bonds. The highest BCUT2D eigenvalue weighted by Gasteiger charge is 1.92. The maximum absolute atomic E-state index is 10.2. The van der Waals surface area contributed by atoms with E-state index in [1.54, 1.807) is 19.2 Å². The third-order valence-corrected chi connectivity index (χ3v) is 0.738. The second-order valence-electron chi connectivity index (χ2n) is 1.99. The molecule has 0 N–H and O–H groups in total. The summed E-state index contributed by atoms with van der Waals surface area (Å²) in [6.07, 6.45) is 0. The number of hydrogen-bond acceptors (Lipinski definition) is 4. The maximum atomic E-state index is 10.2. The molecule has 0 heterocycles. The van der Waals surface area contributed by atoms with Gasteiger partial charge in [0.1, 0.15) is 13.2 Å². The van der Waals surface area contributed by atoms with Crippen molar-refractivity contribution in [1.82, 2.24) is 5.06 Å². The molecule has 4 nitrogen and oxygen atoms in total. The van der Waals surface area contributed by atoms with Crippen molar-refractivity contribution in [1.29, 1.82) is 0 Å². The van der Waals surface area contributed by atoms with Crippen LogP contribution in [-0.4, -0.2) is 38.3 Å². The predicted octanol–water partition coefficient (Wildman–Crippen LogP) is 0.0427. The van der Waals surface area contributed by atoms with Crippen LogP contribution in [0.5, 0.6) is 0 Å². The summed E-state index contributed by atoms with van der Waals surface area (Å²) in [6.45, 7) is 2.09. The van der Waals surface area contributed by atoms with Crippen molar-refractivity contribution in [3.8, 4) is 0 Å². The lowest BCUT2D eigenvalue weighted by Crippen LogP contribution is -2.17. The highest BCUT2D eigenvalue weighted by Crippen LogP contribution is 1.80. The van der Waals surface area contributed by atoms with Crippen LogP contribution in [0.15, 0.2) is 0 Å². The van der Waals surface area contributed by atoms with E-state index in [0.717, 1.165) is 0 Å². The van der Waals surface area contributed by atoms with Crippen LogP contribution in [0.4, 0.5) is 0 Å². The first kappa shape index (κ1) is 9.39. The Labute approximate surface area is 60.7 Å². The summed E-state index contributed by atoms with van der Waals surface area (Å²) in [5.74, 6) is -0.276. The van der Waals surface area contributed by atoms with E-state index in [-0.39, 0.29) is 5.97 Å². The van der Waals surface area contributed by atoms with Gasteiger partial charge in [-0.05, 0) is 0 Å². The van der Waals surface area contributed by atoms with Gasteiger partial charge < -0.3 is 4.74 Å². The molecule has 0 aromatic heterocycles. The van der Waals surface area contributed by atoms with Gasteiger partial charge in [0, 0.05) is 21.0 Å². The van der Waals surface area contributed by atoms with E-state index in [4.69, 9.17) is 4.84 Å². The van der Waals surface area contributed by atoms with Gasteiger partial charge in [0.2, 0.25) is 0 Å². The Kier molecular flexibility index (Phi) is 4.88. The summed E-state index contributed by atoms with van der Waals surface area (Å²) >= 11 is 0. The number of hydroxylamine groups is 2. The largest absolute Gasteiger partial charge is 0.463 e. The summed E-state index contributed by atoms with van der Waals surface area (Å²) in [7, 11) is 3.54. The third-order valence-electron chi connectivity index (χ3n) is 0.738. The molecular weight excluding hydrogens is 134 g/mol. The van der Waals surface area contributed by atoms with Crippen molar-refractivity contribution < 1.29 is 14.4 Å². The standard InChI is InChI=1S/C6H13NO3/c1-6(8)9-4-5-10-7(2)3/h4-5H2,1-3H3. The lowest BCUT2D eigenvalue weighted by atomic mass is 10.7. The van der Waals surface area contributed by atoms with Gasteiger partial charge in [0.05, 0.1) is 0 Å². The molecule has 0 atom stereocenters. The molecule has 0 aliphatic carbocycles. The van der Waals surface area contributed by atoms with E-state index in [1.807, 2.05) is 0 Å².